The summed E-state index contributed by atoms with van der Waals surface area (Å²) in [6, 6.07) is 16.1. The highest BCUT2D eigenvalue weighted by molar-refractivity contribution is 6.33. The topological polar surface area (TPSA) is 91.1 Å². The fourth-order valence-electron chi connectivity index (χ4n) is 4.08. The average Bonchev–Trinajstić information content (AvgIpc) is 2.86. The number of nitro groups is 1. The number of halogens is 1. The van der Waals surface area contributed by atoms with Gasteiger partial charge in [-0.3, -0.25) is 14.9 Å². The third kappa shape index (κ3) is 4.63. The van der Waals surface area contributed by atoms with Crippen molar-refractivity contribution in [2.45, 2.75) is 12.5 Å². The maximum Gasteiger partial charge on any atom is 0.269 e. The van der Waals surface area contributed by atoms with Crippen LogP contribution in [0.3, 0.4) is 0 Å². The number of non-ortho nitro benzene ring substituents is 1. The third-order valence-corrected chi connectivity index (χ3v) is 6.15. The van der Waals surface area contributed by atoms with E-state index in [-0.39, 0.29) is 18.2 Å². The fourth-order valence-corrected chi connectivity index (χ4v) is 4.30. The van der Waals surface area contributed by atoms with Gasteiger partial charge < -0.3 is 19.1 Å². The molecule has 1 aliphatic rings. The van der Waals surface area contributed by atoms with Crippen molar-refractivity contribution in [1.82, 2.24) is 4.90 Å². The van der Waals surface area contributed by atoms with Crippen molar-refractivity contribution < 1.29 is 23.9 Å². The van der Waals surface area contributed by atoms with Gasteiger partial charge in [0.1, 0.15) is 12.4 Å². The van der Waals surface area contributed by atoms with Gasteiger partial charge in [0.25, 0.3) is 11.6 Å². The standard InChI is InChI=1S/C25H23ClN2O6/c1-32-23-13-16-11-12-27(25(29)19-5-3-4-6-21(19)26)22(20(16)14-24(23)33-2)15-34-18-9-7-17(8-10-18)28(30)31/h3-10,13-14,22H,11-12,15H2,1-2H3/t22-/m1/s1. The van der Waals surface area contributed by atoms with Crippen molar-refractivity contribution in [2.24, 2.45) is 0 Å². The van der Waals surface area contributed by atoms with E-state index in [1.807, 2.05) is 12.1 Å². The van der Waals surface area contributed by atoms with E-state index in [4.69, 9.17) is 25.8 Å². The van der Waals surface area contributed by atoms with Gasteiger partial charge >= 0.3 is 0 Å². The summed E-state index contributed by atoms with van der Waals surface area (Å²) in [6.07, 6.45) is 0.625. The van der Waals surface area contributed by atoms with Crippen LogP contribution in [-0.4, -0.2) is 43.1 Å². The summed E-state index contributed by atoms with van der Waals surface area (Å²) >= 11 is 6.32. The van der Waals surface area contributed by atoms with E-state index < -0.39 is 11.0 Å². The Balaban J connectivity index is 1.69. The summed E-state index contributed by atoms with van der Waals surface area (Å²) in [7, 11) is 3.14. The van der Waals surface area contributed by atoms with E-state index in [0.717, 1.165) is 11.1 Å². The number of carbonyl (C=O) groups is 1. The van der Waals surface area contributed by atoms with Crippen molar-refractivity contribution in [3.63, 3.8) is 0 Å². The highest BCUT2D eigenvalue weighted by Gasteiger charge is 2.34. The first-order valence-corrected chi connectivity index (χ1v) is 11.0. The number of rotatable bonds is 7. The number of ether oxygens (including phenoxy) is 3. The van der Waals surface area contributed by atoms with Crippen LogP contribution in [0.1, 0.15) is 27.5 Å². The lowest BCUT2D eigenvalue weighted by Gasteiger charge is -2.37. The molecule has 0 radical (unpaired) electrons. The monoisotopic (exact) mass is 482 g/mol. The van der Waals surface area contributed by atoms with Gasteiger partial charge in [-0.25, -0.2) is 0 Å². The van der Waals surface area contributed by atoms with Crippen LogP contribution in [-0.2, 0) is 6.42 Å². The number of methoxy groups -OCH3 is 2. The van der Waals surface area contributed by atoms with E-state index in [9.17, 15) is 14.9 Å². The molecule has 1 atom stereocenters. The van der Waals surface area contributed by atoms with Crippen LogP contribution in [0.4, 0.5) is 5.69 Å². The van der Waals surface area contributed by atoms with E-state index in [0.29, 0.717) is 40.8 Å². The highest BCUT2D eigenvalue weighted by atomic mass is 35.5. The molecule has 0 saturated carbocycles. The van der Waals surface area contributed by atoms with Crippen LogP contribution >= 0.6 is 11.6 Å². The number of fused-ring (bicyclic) bond motifs is 1. The minimum atomic E-state index is -0.467. The predicted octanol–water partition coefficient (Wildman–Crippen LogP) is 5.08. The van der Waals surface area contributed by atoms with Crippen LogP contribution < -0.4 is 14.2 Å². The second-order valence-corrected chi connectivity index (χ2v) is 8.12. The summed E-state index contributed by atoms with van der Waals surface area (Å²) < 4.78 is 16.9. The van der Waals surface area contributed by atoms with Gasteiger partial charge in [0, 0.05) is 18.7 Å². The Morgan fingerprint density at radius 2 is 1.76 bits per heavy atom. The van der Waals surface area contributed by atoms with E-state index >= 15 is 0 Å². The molecule has 0 spiro atoms. The smallest absolute Gasteiger partial charge is 0.269 e. The molecule has 1 heterocycles. The minimum Gasteiger partial charge on any atom is -0.493 e. The van der Waals surface area contributed by atoms with Crippen LogP contribution in [0.5, 0.6) is 17.2 Å². The lowest BCUT2D eigenvalue weighted by atomic mass is 9.91. The van der Waals surface area contributed by atoms with Crippen LogP contribution in [0, 0.1) is 10.1 Å². The Morgan fingerprint density at radius 1 is 1.09 bits per heavy atom. The Labute approximate surface area is 201 Å². The summed E-state index contributed by atoms with van der Waals surface area (Å²) in [5, 5.41) is 11.3. The van der Waals surface area contributed by atoms with Gasteiger partial charge in [0.05, 0.1) is 35.8 Å². The zero-order valence-electron chi connectivity index (χ0n) is 18.7. The predicted molar refractivity (Wildman–Crippen MR) is 127 cm³/mol. The number of nitro benzene ring substituents is 1. The molecule has 0 aliphatic carbocycles. The quantitative estimate of drug-likeness (QED) is 0.344. The van der Waals surface area contributed by atoms with Gasteiger partial charge in [-0.15, -0.1) is 0 Å². The van der Waals surface area contributed by atoms with Crippen molar-refractivity contribution in [3.05, 3.63) is 92.5 Å². The third-order valence-electron chi connectivity index (χ3n) is 5.82. The molecule has 1 amide bonds. The Morgan fingerprint density at radius 3 is 2.41 bits per heavy atom. The second-order valence-electron chi connectivity index (χ2n) is 7.71. The normalized spacial score (nSPS) is 14.8. The molecule has 1 aliphatic heterocycles. The summed E-state index contributed by atoms with van der Waals surface area (Å²) in [5.74, 6) is 1.42. The molecule has 0 bridgehead atoms. The van der Waals surface area contributed by atoms with Gasteiger partial charge in [-0.1, -0.05) is 23.7 Å². The molecule has 0 aromatic heterocycles. The molecule has 0 fully saturated rings. The molecular formula is C25H23ClN2O6. The number of carbonyl (C=O) groups excluding carboxylic acids is 1. The maximum atomic E-state index is 13.5. The van der Waals surface area contributed by atoms with Crippen LogP contribution in [0.15, 0.2) is 60.7 Å². The highest BCUT2D eigenvalue weighted by Crippen LogP contribution is 2.39. The Hall–Kier alpha value is -3.78. The van der Waals surface area contributed by atoms with Crippen LogP contribution in [0.25, 0.3) is 0 Å². The molecule has 3 aromatic carbocycles. The van der Waals surface area contributed by atoms with Gasteiger partial charge in [-0.2, -0.15) is 0 Å². The molecule has 9 heteroatoms. The summed E-state index contributed by atoms with van der Waals surface area (Å²) in [4.78, 5) is 25.7. The molecule has 3 aromatic rings. The molecular weight excluding hydrogens is 460 g/mol. The number of benzene rings is 3. The van der Waals surface area contributed by atoms with Crippen LogP contribution in [0.2, 0.25) is 5.02 Å². The second kappa shape index (κ2) is 10.0. The Bertz CT molecular complexity index is 1210. The number of amides is 1. The zero-order valence-corrected chi connectivity index (χ0v) is 19.4. The summed E-state index contributed by atoms with van der Waals surface area (Å²) in [6.45, 7) is 0.595. The van der Waals surface area contributed by atoms with Crippen molar-refractivity contribution in [1.29, 1.82) is 0 Å². The fraction of sp³-hybridized carbons (Fsp3) is 0.240. The first-order chi connectivity index (χ1) is 16.4. The average molecular weight is 483 g/mol. The Kier molecular flexibility index (Phi) is 6.88. The van der Waals surface area contributed by atoms with Crippen molar-refractivity contribution >= 4 is 23.2 Å². The molecule has 34 heavy (non-hydrogen) atoms. The number of hydrogen-bond donors (Lipinski definition) is 0. The first-order valence-electron chi connectivity index (χ1n) is 10.6. The minimum absolute atomic E-state index is 0.0253. The van der Waals surface area contributed by atoms with E-state index in [1.165, 1.54) is 24.3 Å². The SMILES string of the molecule is COc1cc2c(cc1OC)[C@@H](COc1ccc([N+](=O)[O-])cc1)N(C(=O)c1ccccc1Cl)CC2. The number of hydrogen-bond acceptors (Lipinski definition) is 6. The zero-order chi connectivity index (χ0) is 24.2. The molecule has 4 rings (SSSR count). The molecule has 0 unspecified atom stereocenters. The molecule has 176 valence electrons. The molecule has 8 nitrogen and oxygen atoms in total. The van der Waals surface area contributed by atoms with Gasteiger partial charge in [0.15, 0.2) is 11.5 Å². The maximum absolute atomic E-state index is 13.5. The van der Waals surface area contributed by atoms with Gasteiger partial charge in [0.2, 0.25) is 0 Å². The van der Waals surface area contributed by atoms with Crippen molar-refractivity contribution in [3.8, 4) is 17.2 Å². The van der Waals surface area contributed by atoms with E-state index in [2.05, 4.69) is 0 Å². The molecule has 0 saturated heterocycles. The van der Waals surface area contributed by atoms with E-state index in [1.54, 1.807) is 43.4 Å². The number of nitrogens with zero attached hydrogens (tertiary/aromatic N) is 2. The molecule has 0 N–H and O–H groups in total. The van der Waals surface area contributed by atoms with Gasteiger partial charge in [-0.05, 0) is 53.9 Å². The van der Waals surface area contributed by atoms with Crippen molar-refractivity contribution in [2.75, 3.05) is 27.4 Å². The first kappa shape index (κ1) is 23.4. The summed E-state index contributed by atoms with van der Waals surface area (Å²) in [5.41, 5.74) is 2.29. The lowest BCUT2D eigenvalue weighted by Crippen LogP contribution is -2.42. The largest absolute Gasteiger partial charge is 0.493 e. The lowest BCUT2D eigenvalue weighted by molar-refractivity contribution is -0.384.